The number of rotatable bonds is 12. The van der Waals surface area contributed by atoms with Gasteiger partial charge in [0, 0.05) is 52.7 Å². The standard InChI is InChI=1S/C37H38N4O8S3/c1-36(2)28-13-11-23-9-5-6-10-25(23)33(28)41(18-16-39-52(47,48)49)32(36)21-27-34(42)26(35(27)43)20-31-37(3,4)29-19-24(51(44,45)46)12-14-30(29)40(31)17-8-7-15-38-22-50/h5-6,9-14,19-21,39H,7-8,15-18H2,1-4H3,(H2-,42,43,44,45,46,47,48,49). The first-order valence-electron chi connectivity index (χ1n) is 16.6. The van der Waals surface area contributed by atoms with Crippen LogP contribution in [0.5, 0.6) is 0 Å². The van der Waals surface area contributed by atoms with Crippen LogP contribution in [-0.4, -0.2) is 73.4 Å². The lowest BCUT2D eigenvalue weighted by atomic mass is 9.77. The van der Waals surface area contributed by atoms with E-state index in [0.717, 1.165) is 22.0 Å². The Morgan fingerprint density at radius 3 is 2.38 bits per heavy atom. The van der Waals surface area contributed by atoms with E-state index in [-0.39, 0.29) is 29.1 Å². The number of benzene rings is 3. The van der Waals surface area contributed by atoms with Gasteiger partial charge in [-0.1, -0.05) is 49.9 Å². The molecule has 0 saturated heterocycles. The van der Waals surface area contributed by atoms with Gasteiger partial charge < -0.3 is 10.0 Å². The summed E-state index contributed by atoms with van der Waals surface area (Å²) in [4.78, 5) is 19.6. The lowest BCUT2D eigenvalue weighted by Crippen LogP contribution is -2.36. The summed E-state index contributed by atoms with van der Waals surface area (Å²) in [7, 11) is -8.96. The van der Waals surface area contributed by atoms with Gasteiger partial charge in [0.15, 0.2) is 18.0 Å². The zero-order valence-corrected chi connectivity index (χ0v) is 31.5. The Balaban J connectivity index is 1.44. The fourth-order valence-electron chi connectivity index (χ4n) is 7.42. The minimum Gasteiger partial charge on any atom is -0.871 e. The average Bonchev–Trinajstić information content (AvgIpc) is 3.42. The normalized spacial score (nSPS) is 19.3. The summed E-state index contributed by atoms with van der Waals surface area (Å²) in [5, 5.41) is 18.1. The van der Waals surface area contributed by atoms with E-state index in [1.807, 2.05) is 73.6 Å². The second kappa shape index (κ2) is 13.6. The highest BCUT2D eigenvalue weighted by Crippen LogP contribution is 2.50. The molecule has 6 rings (SSSR count). The number of hydrogen-bond acceptors (Lipinski definition) is 9. The molecule has 3 aromatic rings. The highest BCUT2D eigenvalue weighted by molar-refractivity contribution is 7.85. The second-order valence-electron chi connectivity index (χ2n) is 14.0. The number of aliphatic imine (C=N–C) groups is 1. The summed E-state index contributed by atoms with van der Waals surface area (Å²) in [6, 6.07) is 16.1. The van der Waals surface area contributed by atoms with Crippen molar-refractivity contribution in [1.29, 1.82) is 0 Å². The number of Topliss-reactive ketones (excluding diaryl/α,β-unsaturated/α-hetero) is 1. The number of thiocarbonyl (C=S) groups is 1. The van der Waals surface area contributed by atoms with E-state index in [4.69, 9.17) is 0 Å². The van der Waals surface area contributed by atoms with Gasteiger partial charge in [-0.15, -0.1) is 0 Å². The van der Waals surface area contributed by atoms with Crippen molar-refractivity contribution >= 4 is 71.4 Å². The van der Waals surface area contributed by atoms with Gasteiger partial charge in [0.05, 0.1) is 27.4 Å². The quantitative estimate of drug-likeness (QED) is 0.0593. The molecular weight excluding hydrogens is 725 g/mol. The van der Waals surface area contributed by atoms with Gasteiger partial charge in [-0.05, 0) is 80.2 Å². The molecule has 2 heterocycles. The maximum atomic E-state index is 13.9. The number of carbonyl (C=O) groups is 1. The maximum absolute atomic E-state index is 13.9. The van der Waals surface area contributed by atoms with Crippen molar-refractivity contribution in [2.45, 2.75) is 56.3 Å². The van der Waals surface area contributed by atoms with Crippen LogP contribution in [-0.2, 0) is 36.0 Å². The molecule has 2 aliphatic heterocycles. The van der Waals surface area contributed by atoms with Gasteiger partial charge in [0.1, 0.15) is 0 Å². The molecule has 12 nitrogen and oxygen atoms in total. The highest BCUT2D eigenvalue weighted by Gasteiger charge is 2.47. The van der Waals surface area contributed by atoms with Crippen LogP contribution in [0.25, 0.3) is 10.8 Å². The van der Waals surface area contributed by atoms with E-state index in [0.29, 0.717) is 48.6 Å². The number of ketones is 1. The molecule has 0 radical (unpaired) electrons. The van der Waals surface area contributed by atoms with E-state index in [1.54, 1.807) is 18.2 Å². The Labute approximate surface area is 308 Å². The Morgan fingerprint density at radius 2 is 1.71 bits per heavy atom. The Kier molecular flexibility index (Phi) is 9.77. The lowest BCUT2D eigenvalue weighted by Gasteiger charge is -2.33. The van der Waals surface area contributed by atoms with E-state index in [2.05, 4.69) is 27.1 Å². The number of unbranched alkanes of at least 4 members (excludes halogenated alkanes) is 1. The smallest absolute Gasteiger partial charge is 0.333 e. The second-order valence-corrected chi connectivity index (χ2v) is 16.8. The third-order valence-corrected chi connectivity index (χ3v) is 11.6. The van der Waals surface area contributed by atoms with Crippen molar-refractivity contribution in [3.05, 3.63) is 100 Å². The summed E-state index contributed by atoms with van der Waals surface area (Å²) in [6.07, 6.45) is 4.51. The van der Waals surface area contributed by atoms with E-state index < -0.39 is 42.8 Å². The van der Waals surface area contributed by atoms with Crippen LogP contribution in [0, 0.1) is 0 Å². The highest BCUT2D eigenvalue weighted by atomic mass is 32.2. The first-order chi connectivity index (χ1) is 24.4. The van der Waals surface area contributed by atoms with Crippen LogP contribution in [0.2, 0.25) is 0 Å². The largest absolute Gasteiger partial charge is 0.871 e. The third-order valence-electron chi connectivity index (χ3n) is 10.1. The van der Waals surface area contributed by atoms with Crippen molar-refractivity contribution in [3.8, 4) is 0 Å². The number of allylic oxidation sites excluding steroid dienone is 5. The summed E-state index contributed by atoms with van der Waals surface area (Å²) in [5.74, 6) is -0.920. The number of isothiocyanates is 1. The fraction of sp³-hybridized carbons (Fsp3) is 0.324. The maximum Gasteiger partial charge on any atom is 0.333 e. The van der Waals surface area contributed by atoms with Crippen LogP contribution in [0.3, 0.4) is 0 Å². The minimum atomic E-state index is -4.49. The topological polar surface area (TPSA) is 180 Å². The molecular formula is C37H38N4O8S3. The summed E-state index contributed by atoms with van der Waals surface area (Å²) < 4.78 is 70.3. The Morgan fingerprint density at radius 1 is 0.981 bits per heavy atom. The predicted molar refractivity (Wildman–Crippen MR) is 200 cm³/mol. The number of nitrogens with zero attached hydrogens (tertiary/aromatic N) is 3. The van der Waals surface area contributed by atoms with Crippen molar-refractivity contribution in [2.75, 3.05) is 31.1 Å². The van der Waals surface area contributed by atoms with Crippen LogP contribution < -0.4 is 14.7 Å². The predicted octanol–water partition coefficient (Wildman–Crippen LogP) is 4.54. The molecule has 3 N–H and O–H groups in total. The lowest BCUT2D eigenvalue weighted by molar-refractivity contribution is -0.433. The number of fused-ring (bicyclic) bond motifs is 4. The Bertz CT molecular complexity index is 2440. The van der Waals surface area contributed by atoms with Gasteiger partial charge in [0.2, 0.25) is 5.69 Å². The van der Waals surface area contributed by atoms with Crippen molar-refractivity contribution in [3.63, 3.8) is 0 Å². The summed E-state index contributed by atoms with van der Waals surface area (Å²) in [6.45, 7) is 8.59. The number of anilines is 1. The van der Waals surface area contributed by atoms with Crippen molar-refractivity contribution in [1.82, 2.24) is 4.72 Å². The van der Waals surface area contributed by atoms with Gasteiger partial charge in [-0.3, -0.25) is 13.9 Å². The van der Waals surface area contributed by atoms with Gasteiger partial charge in [-0.2, -0.15) is 26.1 Å². The molecule has 3 aromatic carbocycles. The first kappa shape index (κ1) is 37.4. The third kappa shape index (κ3) is 6.69. The number of nitrogens with one attached hydrogen (secondary N) is 1. The summed E-state index contributed by atoms with van der Waals surface area (Å²) in [5.41, 5.74) is 2.71. The molecule has 0 spiro atoms. The average molecular weight is 763 g/mol. The molecule has 15 heteroatoms. The van der Waals surface area contributed by atoms with Crippen LogP contribution >= 0.6 is 12.2 Å². The molecule has 0 bridgehead atoms. The molecule has 0 unspecified atom stereocenters. The molecule has 0 fully saturated rings. The molecule has 3 aliphatic rings. The van der Waals surface area contributed by atoms with E-state index in [9.17, 15) is 35.8 Å². The zero-order valence-electron chi connectivity index (χ0n) is 29.0. The Hall–Kier alpha value is -4.34. The fourth-order valence-corrected chi connectivity index (χ4v) is 8.36. The van der Waals surface area contributed by atoms with Crippen LogP contribution in [0.4, 0.5) is 11.4 Å². The van der Waals surface area contributed by atoms with E-state index in [1.165, 1.54) is 12.1 Å². The van der Waals surface area contributed by atoms with Gasteiger partial charge >= 0.3 is 10.3 Å². The molecule has 1 aliphatic carbocycles. The molecule has 272 valence electrons. The zero-order chi connectivity index (χ0) is 37.8. The number of carbonyl (C=O) groups excluding carboxylic acids is 1. The molecule has 0 atom stereocenters. The molecule has 0 saturated carbocycles. The monoisotopic (exact) mass is 762 g/mol. The van der Waals surface area contributed by atoms with Gasteiger partial charge in [0.25, 0.3) is 10.1 Å². The summed E-state index contributed by atoms with van der Waals surface area (Å²) >= 11 is 4.67. The van der Waals surface area contributed by atoms with Crippen molar-refractivity contribution < 1.29 is 40.4 Å². The first-order valence-corrected chi connectivity index (χ1v) is 19.9. The number of hydrogen-bond donors (Lipinski definition) is 3. The van der Waals surface area contributed by atoms with Crippen molar-refractivity contribution in [2.24, 2.45) is 4.99 Å². The van der Waals surface area contributed by atoms with Crippen LogP contribution in [0.15, 0.2) is 99.2 Å². The van der Waals surface area contributed by atoms with E-state index >= 15 is 0 Å². The molecule has 0 amide bonds. The van der Waals surface area contributed by atoms with Gasteiger partial charge in [-0.25, -0.2) is 4.99 Å². The van der Waals surface area contributed by atoms with Crippen LogP contribution in [0.1, 0.15) is 51.7 Å². The minimum absolute atomic E-state index is 0.0219. The SMILES string of the molecule is CC1(C)C(=CC2=C([O-])C(=CC3=[N+](CCNS(=O)(=O)O)c4c(ccc5ccccc45)C3(C)C)C2=O)N(CCCCN=C=S)c2ccc(S(=O)(=O)O)cc21. The molecule has 0 aromatic heterocycles. The molecule has 52 heavy (non-hydrogen) atoms.